The van der Waals surface area contributed by atoms with Gasteiger partial charge in [0.1, 0.15) is 37.8 Å². The minimum atomic E-state index is -0.200. The molecule has 1 aromatic heterocycles. The first kappa shape index (κ1) is 21.0. The molecule has 2 N–H and O–H groups in total. The van der Waals surface area contributed by atoms with Gasteiger partial charge in [0.05, 0.1) is 37.6 Å². The number of hydrogen-bond donors (Lipinski definition) is 2. The second kappa shape index (κ2) is 9.72. The van der Waals surface area contributed by atoms with Crippen LogP contribution in [-0.2, 0) is 22.6 Å². The number of aromatic nitrogens is 2. The average molecular weight is 423 g/mol. The van der Waals surface area contributed by atoms with E-state index in [1.165, 1.54) is 4.90 Å². The van der Waals surface area contributed by atoms with Crippen molar-refractivity contribution in [3.8, 4) is 5.75 Å². The highest BCUT2D eigenvalue weighted by Gasteiger charge is 2.17. The third kappa shape index (κ3) is 5.10. The van der Waals surface area contributed by atoms with E-state index in [9.17, 15) is 4.79 Å². The van der Waals surface area contributed by atoms with E-state index in [0.29, 0.717) is 0 Å². The van der Waals surface area contributed by atoms with Gasteiger partial charge in [-0.3, -0.25) is 4.79 Å². The number of nitrogens with zero attached hydrogens (tertiary/aromatic N) is 3. The summed E-state index contributed by atoms with van der Waals surface area (Å²) in [5, 5.41) is 4.15. The van der Waals surface area contributed by atoms with Gasteiger partial charge in [0.2, 0.25) is 0 Å². The maximum Gasteiger partial charge on any atom is 0.260 e. The van der Waals surface area contributed by atoms with Crippen LogP contribution >= 0.6 is 0 Å². The number of amides is 1. The summed E-state index contributed by atoms with van der Waals surface area (Å²) < 4.78 is 12.9. The van der Waals surface area contributed by atoms with Gasteiger partial charge in [0.25, 0.3) is 5.91 Å². The second-order valence-corrected chi connectivity index (χ2v) is 7.64. The average Bonchev–Trinajstić information content (AvgIpc) is 3.10. The highest BCUT2D eigenvalue weighted by Crippen LogP contribution is 2.18. The summed E-state index contributed by atoms with van der Waals surface area (Å²) in [4.78, 5) is 18.4. The summed E-state index contributed by atoms with van der Waals surface area (Å²) in [7, 11) is 1.68. The zero-order chi connectivity index (χ0) is 21.6. The number of fused-ring (bicyclic) bond motifs is 1. The number of ether oxygens (including phenoxy) is 2. The Bertz CT molecular complexity index is 1090. The van der Waals surface area contributed by atoms with E-state index in [2.05, 4.69) is 21.6 Å². The molecule has 1 aliphatic rings. The van der Waals surface area contributed by atoms with Gasteiger partial charge < -0.3 is 18.9 Å². The largest absolute Gasteiger partial charge is 0.496 e. The Balaban J connectivity index is 1.40. The maximum atomic E-state index is 12.4. The summed E-state index contributed by atoms with van der Waals surface area (Å²) in [5.41, 5.74) is 6.46. The molecule has 0 aliphatic carbocycles. The molecule has 4 rings (SSSR count). The second-order valence-electron chi connectivity index (χ2n) is 7.64. The number of imidazole rings is 1. The van der Waals surface area contributed by atoms with Crippen molar-refractivity contribution in [2.75, 3.05) is 33.4 Å². The van der Waals surface area contributed by atoms with E-state index < -0.39 is 0 Å². The van der Waals surface area contributed by atoms with Gasteiger partial charge in [0, 0.05) is 5.56 Å². The number of morpholine rings is 1. The monoisotopic (exact) mass is 422 g/mol. The van der Waals surface area contributed by atoms with Crippen LogP contribution in [0.1, 0.15) is 17.0 Å². The molecule has 8 heteroatoms. The molecule has 0 spiro atoms. The van der Waals surface area contributed by atoms with Crippen molar-refractivity contribution >= 4 is 23.2 Å². The van der Waals surface area contributed by atoms with E-state index >= 15 is 0 Å². The molecule has 162 valence electrons. The number of aryl methyl sites for hydroxylation is 1. The van der Waals surface area contributed by atoms with Gasteiger partial charge >= 0.3 is 0 Å². The van der Waals surface area contributed by atoms with Gasteiger partial charge in [-0.2, -0.15) is 5.10 Å². The van der Waals surface area contributed by atoms with Crippen molar-refractivity contribution in [2.45, 2.75) is 20.0 Å². The lowest BCUT2D eigenvalue weighted by Gasteiger charge is -2.24. The number of para-hydroxylation sites is 2. The van der Waals surface area contributed by atoms with Crippen LogP contribution in [0.25, 0.3) is 11.0 Å². The van der Waals surface area contributed by atoms with Gasteiger partial charge in [-0.25, -0.2) is 10.4 Å². The number of methoxy groups -OCH3 is 1. The van der Waals surface area contributed by atoms with Crippen molar-refractivity contribution in [1.82, 2.24) is 15.0 Å². The molecule has 8 nitrogen and oxygen atoms in total. The van der Waals surface area contributed by atoms with Crippen LogP contribution in [0.4, 0.5) is 0 Å². The van der Waals surface area contributed by atoms with Gasteiger partial charge in [-0.15, -0.1) is 0 Å². The first-order valence-corrected chi connectivity index (χ1v) is 10.5. The molecular weight excluding hydrogens is 394 g/mol. The van der Waals surface area contributed by atoms with Crippen LogP contribution in [0.3, 0.4) is 0 Å². The lowest BCUT2D eigenvalue weighted by Crippen LogP contribution is -3.12. The van der Waals surface area contributed by atoms with E-state index in [1.807, 2.05) is 47.9 Å². The molecule has 2 aromatic carbocycles. The Morgan fingerprint density at radius 2 is 2.10 bits per heavy atom. The number of carbonyl (C=O) groups is 1. The van der Waals surface area contributed by atoms with Crippen molar-refractivity contribution in [1.29, 1.82) is 0 Å². The van der Waals surface area contributed by atoms with Crippen LogP contribution < -0.4 is 15.1 Å². The standard InChI is InChI=1S/C23H27N5O3/c1-17-25-20-5-3-4-6-21(20)28(17)16-23(29)26-24-14-18-7-8-22(30-2)19(13-18)15-27-9-11-31-12-10-27/h3-8,13-14H,9-12,15-16H2,1-2H3,(H,26,29)/p+1. The van der Waals surface area contributed by atoms with Crippen LogP contribution in [-0.4, -0.2) is 55.1 Å². The summed E-state index contributed by atoms with van der Waals surface area (Å²) in [6.45, 7) is 6.48. The van der Waals surface area contributed by atoms with E-state index in [1.54, 1.807) is 13.3 Å². The molecule has 0 bridgehead atoms. The van der Waals surface area contributed by atoms with Crippen molar-refractivity contribution in [2.24, 2.45) is 5.10 Å². The molecule has 0 saturated carbocycles. The minimum absolute atomic E-state index is 0.165. The number of quaternary nitrogens is 1. The summed E-state index contributed by atoms with van der Waals surface area (Å²) in [6, 6.07) is 13.7. The van der Waals surface area contributed by atoms with Crippen LogP contribution in [0, 0.1) is 6.92 Å². The molecule has 1 aliphatic heterocycles. The predicted octanol–water partition coefficient (Wildman–Crippen LogP) is 0.919. The molecule has 3 aromatic rings. The lowest BCUT2D eigenvalue weighted by atomic mass is 10.1. The van der Waals surface area contributed by atoms with E-state index in [4.69, 9.17) is 9.47 Å². The van der Waals surface area contributed by atoms with Gasteiger partial charge in [-0.1, -0.05) is 12.1 Å². The van der Waals surface area contributed by atoms with Crippen LogP contribution in [0.15, 0.2) is 47.6 Å². The Morgan fingerprint density at radius 3 is 2.90 bits per heavy atom. The van der Waals surface area contributed by atoms with Crippen molar-refractivity contribution < 1.29 is 19.2 Å². The molecule has 0 unspecified atom stereocenters. The van der Waals surface area contributed by atoms with Crippen LogP contribution in [0.5, 0.6) is 5.75 Å². The number of rotatable bonds is 7. The minimum Gasteiger partial charge on any atom is -0.496 e. The first-order chi connectivity index (χ1) is 15.1. The lowest BCUT2D eigenvalue weighted by molar-refractivity contribution is -0.921. The molecule has 1 fully saturated rings. The Morgan fingerprint density at radius 1 is 1.29 bits per heavy atom. The molecule has 31 heavy (non-hydrogen) atoms. The topological polar surface area (TPSA) is 82.2 Å². The number of hydrazone groups is 1. The smallest absolute Gasteiger partial charge is 0.260 e. The van der Waals surface area contributed by atoms with Crippen molar-refractivity contribution in [3.05, 3.63) is 59.4 Å². The van der Waals surface area contributed by atoms with Gasteiger partial charge in [0.15, 0.2) is 0 Å². The quantitative estimate of drug-likeness (QED) is 0.438. The summed E-state index contributed by atoms with van der Waals surface area (Å²) in [5.74, 6) is 1.46. The number of carbonyl (C=O) groups excluding carboxylic acids is 1. The third-order valence-electron chi connectivity index (χ3n) is 5.49. The number of hydrogen-bond acceptors (Lipinski definition) is 5. The Kier molecular flexibility index (Phi) is 6.59. The molecular formula is C23H28N5O3+. The highest BCUT2D eigenvalue weighted by molar-refractivity contribution is 5.84. The fourth-order valence-electron chi connectivity index (χ4n) is 3.88. The third-order valence-corrected chi connectivity index (χ3v) is 5.49. The molecule has 2 heterocycles. The maximum absolute atomic E-state index is 12.4. The van der Waals surface area contributed by atoms with Crippen LogP contribution in [0.2, 0.25) is 0 Å². The fraction of sp³-hybridized carbons (Fsp3) is 0.348. The van der Waals surface area contributed by atoms with E-state index in [-0.39, 0.29) is 12.5 Å². The number of nitrogens with one attached hydrogen (secondary N) is 2. The fourth-order valence-corrected chi connectivity index (χ4v) is 3.88. The zero-order valence-electron chi connectivity index (χ0n) is 17.9. The Labute approximate surface area is 181 Å². The van der Waals surface area contributed by atoms with Gasteiger partial charge in [-0.05, 0) is 42.8 Å². The molecule has 1 saturated heterocycles. The van der Waals surface area contributed by atoms with E-state index in [0.717, 1.165) is 66.6 Å². The molecule has 0 atom stereocenters. The predicted molar refractivity (Wildman–Crippen MR) is 118 cm³/mol. The Hall–Kier alpha value is -3.23. The SMILES string of the molecule is COc1ccc(C=NNC(=O)Cn2c(C)nc3ccccc32)cc1C[NH+]1CCOCC1. The zero-order valence-corrected chi connectivity index (χ0v) is 17.9. The number of benzene rings is 2. The molecule has 0 radical (unpaired) electrons. The van der Waals surface area contributed by atoms with Crippen molar-refractivity contribution in [3.63, 3.8) is 0 Å². The molecule has 1 amide bonds. The summed E-state index contributed by atoms with van der Waals surface area (Å²) >= 11 is 0. The normalized spacial score (nSPS) is 14.9. The highest BCUT2D eigenvalue weighted by atomic mass is 16.5. The first-order valence-electron chi connectivity index (χ1n) is 10.5. The summed E-state index contributed by atoms with van der Waals surface area (Å²) in [6.07, 6.45) is 1.66.